The Labute approximate surface area is 90.4 Å². The molecule has 2 heteroatoms. The molecule has 0 saturated heterocycles. The number of hydrogen-bond donors (Lipinski definition) is 0. The molecule has 0 aliphatic rings. The Kier molecular flexibility index (Phi) is 4.74. The first-order chi connectivity index (χ1) is 6.20. The Bertz CT molecular complexity index is 227. The van der Waals surface area contributed by atoms with Crippen LogP contribution in [-0.4, -0.2) is 8.32 Å². The molecule has 0 heterocycles. The van der Waals surface area contributed by atoms with Crippen LogP contribution < -0.4 is 0 Å². The highest BCUT2D eigenvalue weighted by Crippen LogP contribution is 2.36. The first-order valence-corrected chi connectivity index (χ1v) is 8.30. The number of rotatable bonds is 2. The highest BCUT2D eigenvalue weighted by Gasteiger charge is 2.38. The van der Waals surface area contributed by atoms with Crippen LogP contribution in [0.4, 0.5) is 0 Å². The van der Waals surface area contributed by atoms with Crippen molar-refractivity contribution < 1.29 is 4.43 Å². The van der Waals surface area contributed by atoms with Gasteiger partial charge < -0.3 is 4.43 Å². The van der Waals surface area contributed by atoms with Gasteiger partial charge in [0.1, 0.15) is 0 Å². The normalized spacial score (nSPS) is 14.2. The van der Waals surface area contributed by atoms with Crippen molar-refractivity contribution in [2.45, 2.75) is 59.2 Å². The molecule has 0 N–H and O–H groups in total. The SMILES string of the molecule is CCC(C)C#CO[Si](C)(C)C(C)(C)C. The Morgan fingerprint density at radius 3 is 2.14 bits per heavy atom. The zero-order valence-electron chi connectivity index (χ0n) is 10.7. The Morgan fingerprint density at radius 2 is 1.79 bits per heavy atom. The van der Waals surface area contributed by atoms with Crippen LogP contribution in [0.2, 0.25) is 18.1 Å². The van der Waals surface area contributed by atoms with Gasteiger partial charge in [-0.15, -0.1) is 0 Å². The van der Waals surface area contributed by atoms with Crippen LogP contribution in [0, 0.1) is 17.9 Å². The second-order valence-electron chi connectivity index (χ2n) is 5.42. The lowest BCUT2D eigenvalue weighted by molar-refractivity contribution is 0.458. The maximum atomic E-state index is 5.74. The molecule has 0 aromatic heterocycles. The molecule has 0 fully saturated rings. The van der Waals surface area contributed by atoms with Gasteiger partial charge in [0.2, 0.25) is 0 Å². The van der Waals surface area contributed by atoms with Crippen LogP contribution in [0.15, 0.2) is 0 Å². The molecule has 0 aliphatic carbocycles. The summed E-state index contributed by atoms with van der Waals surface area (Å²) in [7, 11) is -1.66. The smallest absolute Gasteiger partial charge is 0.264 e. The lowest BCUT2D eigenvalue weighted by atomic mass is 10.1. The van der Waals surface area contributed by atoms with E-state index < -0.39 is 8.32 Å². The van der Waals surface area contributed by atoms with Gasteiger partial charge >= 0.3 is 0 Å². The van der Waals surface area contributed by atoms with Gasteiger partial charge in [0.25, 0.3) is 8.32 Å². The minimum absolute atomic E-state index is 0.247. The van der Waals surface area contributed by atoms with Gasteiger partial charge in [0.05, 0.1) is 6.11 Å². The van der Waals surface area contributed by atoms with E-state index in [4.69, 9.17) is 4.43 Å². The van der Waals surface area contributed by atoms with Gasteiger partial charge in [-0.25, -0.2) is 0 Å². The molecule has 14 heavy (non-hydrogen) atoms. The van der Waals surface area contributed by atoms with Gasteiger partial charge in [-0.3, -0.25) is 0 Å². The molecule has 0 aliphatic heterocycles. The zero-order chi connectivity index (χ0) is 11.4. The van der Waals surface area contributed by atoms with E-state index in [9.17, 15) is 0 Å². The van der Waals surface area contributed by atoms with Crippen LogP contribution >= 0.6 is 0 Å². The van der Waals surface area contributed by atoms with Crippen molar-refractivity contribution in [3.63, 3.8) is 0 Å². The minimum Gasteiger partial charge on any atom is -0.500 e. The average Bonchev–Trinajstić information content (AvgIpc) is 2.01. The highest BCUT2D eigenvalue weighted by molar-refractivity contribution is 6.74. The van der Waals surface area contributed by atoms with Gasteiger partial charge in [-0.2, -0.15) is 0 Å². The highest BCUT2D eigenvalue weighted by atomic mass is 28.4. The first kappa shape index (κ1) is 13.6. The second-order valence-corrected chi connectivity index (χ2v) is 10.1. The zero-order valence-corrected chi connectivity index (χ0v) is 11.7. The summed E-state index contributed by atoms with van der Waals surface area (Å²) in [5, 5.41) is 0.247. The van der Waals surface area contributed by atoms with E-state index in [1.165, 1.54) is 0 Å². The van der Waals surface area contributed by atoms with Crippen LogP contribution in [-0.2, 0) is 4.43 Å². The molecule has 1 unspecified atom stereocenters. The van der Waals surface area contributed by atoms with Crippen molar-refractivity contribution in [3.8, 4) is 12.0 Å². The van der Waals surface area contributed by atoms with Crippen molar-refractivity contribution in [1.82, 2.24) is 0 Å². The van der Waals surface area contributed by atoms with E-state index in [1.807, 2.05) is 0 Å². The maximum absolute atomic E-state index is 5.74. The van der Waals surface area contributed by atoms with Crippen LogP contribution in [0.1, 0.15) is 41.0 Å². The minimum atomic E-state index is -1.66. The monoisotopic (exact) mass is 212 g/mol. The predicted octanol–water partition coefficient (Wildman–Crippen LogP) is 4.02. The van der Waals surface area contributed by atoms with E-state index >= 15 is 0 Å². The number of hydrogen-bond acceptors (Lipinski definition) is 1. The molecule has 0 rings (SSSR count). The lowest BCUT2D eigenvalue weighted by Crippen LogP contribution is -2.39. The molecule has 0 saturated carbocycles. The molecule has 0 bridgehead atoms. The Morgan fingerprint density at radius 1 is 1.29 bits per heavy atom. The molecular formula is C12H24OSi. The Balaban J connectivity index is 4.30. The standard InChI is InChI=1S/C12H24OSi/c1-8-11(2)9-10-13-14(6,7)12(3,4)5/h11H,8H2,1-7H3. The summed E-state index contributed by atoms with van der Waals surface area (Å²) >= 11 is 0. The third-order valence-electron chi connectivity index (χ3n) is 3.03. The Hall–Kier alpha value is -0.423. The van der Waals surface area contributed by atoms with Gasteiger partial charge in [0, 0.05) is 5.92 Å². The quantitative estimate of drug-likeness (QED) is 0.496. The summed E-state index contributed by atoms with van der Waals surface area (Å²) in [6, 6.07) is 0. The summed E-state index contributed by atoms with van der Waals surface area (Å²) < 4.78 is 5.74. The van der Waals surface area contributed by atoms with E-state index in [1.54, 1.807) is 0 Å². The largest absolute Gasteiger partial charge is 0.500 e. The van der Waals surface area contributed by atoms with Gasteiger partial charge in [-0.05, 0) is 24.6 Å². The van der Waals surface area contributed by atoms with Crippen molar-refractivity contribution in [2.75, 3.05) is 0 Å². The van der Waals surface area contributed by atoms with Crippen molar-refractivity contribution in [2.24, 2.45) is 5.92 Å². The predicted molar refractivity (Wildman–Crippen MR) is 65.5 cm³/mol. The topological polar surface area (TPSA) is 9.23 Å². The summed E-state index contributed by atoms with van der Waals surface area (Å²) in [6.07, 6.45) is 3.99. The summed E-state index contributed by atoms with van der Waals surface area (Å²) in [4.78, 5) is 0. The van der Waals surface area contributed by atoms with Gasteiger partial charge in [-0.1, -0.05) is 40.5 Å². The molecule has 1 atom stereocenters. The molecule has 82 valence electrons. The maximum Gasteiger partial charge on any atom is 0.264 e. The molecule has 0 aromatic carbocycles. The molecule has 0 aromatic rings. The summed E-state index contributed by atoms with van der Waals surface area (Å²) in [5.74, 6) is 3.57. The van der Waals surface area contributed by atoms with Crippen molar-refractivity contribution >= 4 is 8.32 Å². The van der Waals surface area contributed by atoms with E-state index in [0.717, 1.165) is 6.42 Å². The summed E-state index contributed by atoms with van der Waals surface area (Å²) in [5.41, 5.74) is 0. The fourth-order valence-electron chi connectivity index (χ4n) is 0.513. The fraction of sp³-hybridized carbons (Fsp3) is 0.833. The summed E-state index contributed by atoms with van der Waals surface area (Å²) in [6.45, 7) is 15.4. The molecular weight excluding hydrogens is 188 g/mol. The van der Waals surface area contributed by atoms with Crippen LogP contribution in [0.3, 0.4) is 0 Å². The van der Waals surface area contributed by atoms with Crippen LogP contribution in [0.25, 0.3) is 0 Å². The molecule has 1 nitrogen and oxygen atoms in total. The first-order valence-electron chi connectivity index (χ1n) is 5.39. The second kappa shape index (κ2) is 4.88. The van der Waals surface area contributed by atoms with Crippen molar-refractivity contribution in [3.05, 3.63) is 0 Å². The van der Waals surface area contributed by atoms with Crippen molar-refractivity contribution in [1.29, 1.82) is 0 Å². The van der Waals surface area contributed by atoms with E-state index in [-0.39, 0.29) is 5.04 Å². The molecule has 0 spiro atoms. The molecule has 0 radical (unpaired) electrons. The van der Waals surface area contributed by atoms with Gasteiger partial charge in [0.15, 0.2) is 0 Å². The molecule has 0 amide bonds. The van der Waals surface area contributed by atoms with E-state index in [0.29, 0.717) is 5.92 Å². The average molecular weight is 212 g/mol. The fourth-order valence-corrected chi connectivity index (χ4v) is 1.13. The third-order valence-corrected chi connectivity index (χ3v) is 7.25. The van der Waals surface area contributed by atoms with E-state index in [2.05, 4.69) is 59.7 Å². The third kappa shape index (κ3) is 4.19. The lowest BCUT2D eigenvalue weighted by Gasteiger charge is -2.33. The van der Waals surface area contributed by atoms with Crippen LogP contribution in [0.5, 0.6) is 0 Å².